The van der Waals surface area contributed by atoms with Crippen molar-refractivity contribution < 1.29 is 5.11 Å². The number of aliphatic hydroxyl groups is 1. The molecule has 0 saturated heterocycles. The lowest BCUT2D eigenvalue weighted by Gasteiger charge is -1.99. The summed E-state index contributed by atoms with van der Waals surface area (Å²) in [4.78, 5) is 5.39. The van der Waals surface area contributed by atoms with Gasteiger partial charge in [-0.15, -0.1) is 11.3 Å². The van der Waals surface area contributed by atoms with Gasteiger partial charge in [0.15, 0.2) is 0 Å². The van der Waals surface area contributed by atoms with Crippen molar-refractivity contribution in [3.05, 3.63) is 15.6 Å². The highest BCUT2D eigenvalue weighted by Gasteiger charge is 2.13. The van der Waals surface area contributed by atoms with Crippen LogP contribution >= 0.6 is 11.3 Å². The minimum absolute atomic E-state index is 0.380. The van der Waals surface area contributed by atoms with E-state index in [1.807, 2.05) is 6.92 Å². The third-order valence-electron chi connectivity index (χ3n) is 1.72. The molecule has 1 aromatic heterocycles. The van der Waals surface area contributed by atoms with Gasteiger partial charge >= 0.3 is 0 Å². The molecule has 1 unspecified atom stereocenters. The van der Waals surface area contributed by atoms with Crippen LogP contribution in [-0.4, -0.2) is 10.1 Å². The fourth-order valence-corrected chi connectivity index (χ4v) is 2.07. The second-order valence-corrected chi connectivity index (χ2v) is 4.39. The van der Waals surface area contributed by atoms with Crippen molar-refractivity contribution in [3.8, 4) is 0 Å². The molecule has 68 valence electrons. The van der Waals surface area contributed by atoms with Gasteiger partial charge < -0.3 is 5.11 Å². The summed E-state index contributed by atoms with van der Waals surface area (Å²) in [6, 6.07) is 0. The van der Waals surface area contributed by atoms with Crippen LogP contribution in [-0.2, 0) is 0 Å². The van der Waals surface area contributed by atoms with Crippen LogP contribution in [0.15, 0.2) is 0 Å². The predicted molar refractivity (Wildman–Crippen MR) is 51.6 cm³/mol. The Labute approximate surface area is 77.3 Å². The Hall–Kier alpha value is -0.410. The minimum Gasteiger partial charge on any atom is -0.388 e. The Morgan fingerprint density at radius 3 is 2.17 bits per heavy atom. The molecule has 0 fully saturated rings. The number of thiazole rings is 1. The zero-order chi connectivity index (χ0) is 9.30. The summed E-state index contributed by atoms with van der Waals surface area (Å²) < 4.78 is 0. The molecular formula is C9H15NOS. The second-order valence-electron chi connectivity index (χ2n) is 3.33. The van der Waals surface area contributed by atoms with E-state index in [0.29, 0.717) is 5.92 Å². The second kappa shape index (κ2) is 3.54. The van der Waals surface area contributed by atoms with Crippen LogP contribution < -0.4 is 0 Å². The molecule has 0 aliphatic rings. The number of rotatable bonds is 2. The Balaban J connectivity index is 3.00. The third-order valence-corrected chi connectivity index (χ3v) is 3.35. The first-order valence-electron chi connectivity index (χ1n) is 4.17. The van der Waals surface area contributed by atoms with E-state index in [1.54, 1.807) is 18.3 Å². The van der Waals surface area contributed by atoms with Gasteiger partial charge in [-0.1, -0.05) is 13.8 Å². The van der Waals surface area contributed by atoms with E-state index in [4.69, 9.17) is 0 Å². The highest BCUT2D eigenvalue weighted by molar-refractivity contribution is 7.11. The average Bonchev–Trinajstić information content (AvgIpc) is 2.30. The standard InChI is InChI=1S/C9H15NOS/c1-5(2)9-10-6(3)8(12-9)7(4)11/h5,7,11H,1-4H3. The van der Waals surface area contributed by atoms with Crippen LogP contribution in [0.25, 0.3) is 0 Å². The molecule has 12 heavy (non-hydrogen) atoms. The average molecular weight is 185 g/mol. The van der Waals surface area contributed by atoms with Gasteiger partial charge in [-0.3, -0.25) is 0 Å². The molecule has 0 radical (unpaired) electrons. The lowest BCUT2D eigenvalue weighted by molar-refractivity contribution is 0.202. The van der Waals surface area contributed by atoms with Crippen molar-refractivity contribution in [1.29, 1.82) is 0 Å². The molecular weight excluding hydrogens is 170 g/mol. The summed E-state index contributed by atoms with van der Waals surface area (Å²) in [7, 11) is 0. The van der Waals surface area contributed by atoms with Gasteiger partial charge in [0, 0.05) is 5.92 Å². The number of nitrogens with zero attached hydrogens (tertiary/aromatic N) is 1. The summed E-state index contributed by atoms with van der Waals surface area (Å²) in [5, 5.41) is 10.5. The minimum atomic E-state index is -0.380. The number of hydrogen-bond acceptors (Lipinski definition) is 3. The molecule has 0 aliphatic carbocycles. The lowest BCUT2D eigenvalue weighted by atomic mass is 10.2. The van der Waals surface area contributed by atoms with Gasteiger partial charge in [-0.25, -0.2) is 4.98 Å². The van der Waals surface area contributed by atoms with E-state index < -0.39 is 0 Å². The topological polar surface area (TPSA) is 33.1 Å². The first kappa shape index (κ1) is 9.68. The fourth-order valence-electron chi connectivity index (χ4n) is 1.06. The van der Waals surface area contributed by atoms with Crippen molar-refractivity contribution in [2.75, 3.05) is 0 Å². The van der Waals surface area contributed by atoms with Crippen molar-refractivity contribution in [1.82, 2.24) is 4.98 Å². The molecule has 1 rings (SSSR count). The van der Waals surface area contributed by atoms with E-state index in [9.17, 15) is 5.11 Å². The maximum Gasteiger partial charge on any atom is 0.0957 e. The smallest absolute Gasteiger partial charge is 0.0957 e. The summed E-state index contributed by atoms with van der Waals surface area (Å²) in [5.74, 6) is 0.459. The van der Waals surface area contributed by atoms with Gasteiger partial charge in [-0.2, -0.15) is 0 Å². The van der Waals surface area contributed by atoms with E-state index in [0.717, 1.165) is 15.6 Å². The summed E-state index contributed by atoms with van der Waals surface area (Å²) in [5.41, 5.74) is 0.971. The molecule has 2 nitrogen and oxygen atoms in total. The zero-order valence-electron chi connectivity index (χ0n) is 7.96. The number of aromatic nitrogens is 1. The van der Waals surface area contributed by atoms with Crippen molar-refractivity contribution in [2.45, 2.75) is 39.7 Å². The highest BCUT2D eigenvalue weighted by atomic mass is 32.1. The molecule has 0 spiro atoms. The Morgan fingerprint density at radius 1 is 1.33 bits per heavy atom. The monoisotopic (exact) mass is 185 g/mol. The fraction of sp³-hybridized carbons (Fsp3) is 0.667. The molecule has 0 aromatic carbocycles. The summed E-state index contributed by atoms with van der Waals surface area (Å²) in [6.07, 6.45) is -0.380. The lowest BCUT2D eigenvalue weighted by Crippen LogP contribution is -1.89. The first-order valence-corrected chi connectivity index (χ1v) is 4.99. The van der Waals surface area contributed by atoms with Crippen LogP contribution in [0, 0.1) is 6.92 Å². The van der Waals surface area contributed by atoms with Gasteiger partial charge in [-0.05, 0) is 13.8 Å². The van der Waals surface area contributed by atoms with Crippen LogP contribution in [0.5, 0.6) is 0 Å². The van der Waals surface area contributed by atoms with Crippen molar-refractivity contribution in [3.63, 3.8) is 0 Å². The van der Waals surface area contributed by atoms with E-state index >= 15 is 0 Å². The molecule has 0 bridgehead atoms. The normalized spacial score (nSPS) is 13.8. The zero-order valence-corrected chi connectivity index (χ0v) is 8.77. The predicted octanol–water partition coefficient (Wildman–Crippen LogP) is 2.63. The Kier molecular flexibility index (Phi) is 2.85. The van der Waals surface area contributed by atoms with Crippen LogP contribution in [0.2, 0.25) is 0 Å². The van der Waals surface area contributed by atoms with Gasteiger partial charge in [0.2, 0.25) is 0 Å². The molecule has 1 heterocycles. The number of aliphatic hydroxyl groups excluding tert-OH is 1. The Morgan fingerprint density at radius 2 is 1.92 bits per heavy atom. The van der Waals surface area contributed by atoms with Gasteiger partial charge in [0.1, 0.15) is 0 Å². The van der Waals surface area contributed by atoms with Crippen LogP contribution in [0.4, 0.5) is 0 Å². The first-order chi connectivity index (χ1) is 5.52. The molecule has 0 aliphatic heterocycles. The molecule has 0 amide bonds. The number of aryl methyl sites for hydroxylation is 1. The molecule has 1 N–H and O–H groups in total. The van der Waals surface area contributed by atoms with Crippen LogP contribution in [0.1, 0.15) is 48.4 Å². The maximum absolute atomic E-state index is 9.37. The maximum atomic E-state index is 9.37. The van der Waals surface area contributed by atoms with Crippen molar-refractivity contribution >= 4 is 11.3 Å². The molecule has 1 atom stereocenters. The third kappa shape index (κ3) is 1.84. The largest absolute Gasteiger partial charge is 0.388 e. The number of hydrogen-bond donors (Lipinski definition) is 1. The van der Waals surface area contributed by atoms with E-state index in [1.165, 1.54) is 0 Å². The van der Waals surface area contributed by atoms with Crippen molar-refractivity contribution in [2.24, 2.45) is 0 Å². The quantitative estimate of drug-likeness (QED) is 0.768. The SMILES string of the molecule is Cc1nc(C(C)C)sc1C(C)O. The van der Waals surface area contributed by atoms with Crippen LogP contribution in [0.3, 0.4) is 0 Å². The van der Waals surface area contributed by atoms with E-state index in [-0.39, 0.29) is 6.10 Å². The summed E-state index contributed by atoms with van der Waals surface area (Å²) in [6.45, 7) is 7.96. The molecule has 3 heteroatoms. The molecule has 0 saturated carbocycles. The van der Waals surface area contributed by atoms with Gasteiger partial charge in [0.05, 0.1) is 21.7 Å². The van der Waals surface area contributed by atoms with Gasteiger partial charge in [0.25, 0.3) is 0 Å². The highest BCUT2D eigenvalue weighted by Crippen LogP contribution is 2.28. The Bertz CT molecular complexity index is 265. The van der Waals surface area contributed by atoms with E-state index in [2.05, 4.69) is 18.8 Å². The summed E-state index contributed by atoms with van der Waals surface area (Å²) >= 11 is 1.61. The molecule has 1 aromatic rings.